The molecule has 0 bridgehead atoms. The molecule has 0 aliphatic heterocycles. The third kappa shape index (κ3) is 3.03. The van der Waals surface area contributed by atoms with Crippen molar-refractivity contribution in [2.24, 2.45) is 4.40 Å². The van der Waals surface area contributed by atoms with E-state index in [0.29, 0.717) is 11.3 Å². The molecule has 0 radical (unpaired) electrons. The standard InChI is InChI=1S/C18H20N2O2S2/c1-5-20-16-10-13(3)14(4)11-17(16)23-18(20)19-24(21,22)15-8-6-12(2)7-9-15/h6-11H,5H2,1-4H3. The molecule has 0 amide bonds. The highest BCUT2D eigenvalue weighted by Crippen LogP contribution is 2.22. The first kappa shape index (κ1) is 16.9. The molecule has 0 saturated heterocycles. The van der Waals surface area contributed by atoms with Crippen molar-refractivity contribution in [3.05, 3.63) is 57.9 Å². The Hall–Kier alpha value is -1.92. The highest BCUT2D eigenvalue weighted by atomic mass is 32.2. The van der Waals surface area contributed by atoms with Crippen LogP contribution >= 0.6 is 11.3 Å². The van der Waals surface area contributed by atoms with Crippen molar-refractivity contribution < 1.29 is 8.42 Å². The number of rotatable bonds is 3. The molecule has 126 valence electrons. The average Bonchev–Trinajstić information content (AvgIpc) is 2.83. The van der Waals surface area contributed by atoms with Crippen molar-refractivity contribution in [1.29, 1.82) is 0 Å². The summed E-state index contributed by atoms with van der Waals surface area (Å²) in [4.78, 5) is 0.735. The number of nitrogens with zero attached hydrogens (tertiary/aromatic N) is 2. The van der Waals surface area contributed by atoms with Crippen molar-refractivity contribution in [2.45, 2.75) is 39.1 Å². The number of aromatic nitrogens is 1. The second-order valence-electron chi connectivity index (χ2n) is 5.91. The van der Waals surface area contributed by atoms with Crippen LogP contribution in [0.25, 0.3) is 10.2 Å². The van der Waals surface area contributed by atoms with Gasteiger partial charge in [0.2, 0.25) is 4.80 Å². The number of thiazole rings is 1. The summed E-state index contributed by atoms with van der Waals surface area (Å²) in [5.41, 5.74) is 4.43. The van der Waals surface area contributed by atoms with Gasteiger partial charge in [-0.2, -0.15) is 8.42 Å². The summed E-state index contributed by atoms with van der Waals surface area (Å²) in [5.74, 6) is 0. The topological polar surface area (TPSA) is 51.4 Å². The highest BCUT2D eigenvalue weighted by Gasteiger charge is 2.14. The number of benzene rings is 2. The van der Waals surface area contributed by atoms with Gasteiger partial charge in [0.05, 0.1) is 15.1 Å². The van der Waals surface area contributed by atoms with E-state index in [-0.39, 0.29) is 4.90 Å². The van der Waals surface area contributed by atoms with E-state index in [2.05, 4.69) is 30.4 Å². The quantitative estimate of drug-likeness (QED) is 0.710. The van der Waals surface area contributed by atoms with E-state index in [1.165, 1.54) is 22.5 Å². The molecule has 1 heterocycles. The summed E-state index contributed by atoms with van der Waals surface area (Å²) >= 11 is 1.41. The second kappa shape index (κ2) is 6.18. The van der Waals surface area contributed by atoms with E-state index >= 15 is 0 Å². The van der Waals surface area contributed by atoms with Crippen LogP contribution in [0.3, 0.4) is 0 Å². The second-order valence-corrected chi connectivity index (χ2v) is 8.53. The van der Waals surface area contributed by atoms with Gasteiger partial charge in [-0.15, -0.1) is 4.40 Å². The Morgan fingerprint density at radius 2 is 1.67 bits per heavy atom. The molecule has 0 spiro atoms. The number of sulfonamides is 1. The summed E-state index contributed by atoms with van der Waals surface area (Å²) in [5, 5.41) is 0. The zero-order valence-electron chi connectivity index (χ0n) is 14.2. The average molecular weight is 361 g/mol. The smallest absolute Gasteiger partial charge is 0.285 e. The van der Waals surface area contributed by atoms with E-state index in [9.17, 15) is 8.42 Å². The zero-order chi connectivity index (χ0) is 17.5. The van der Waals surface area contributed by atoms with Crippen LogP contribution in [0.15, 0.2) is 45.7 Å². The van der Waals surface area contributed by atoms with Crippen LogP contribution in [0.1, 0.15) is 23.6 Å². The van der Waals surface area contributed by atoms with Gasteiger partial charge in [-0.1, -0.05) is 29.0 Å². The Balaban J connectivity index is 2.24. The Bertz CT molecular complexity index is 1070. The predicted octanol–water partition coefficient (Wildman–Crippen LogP) is 3.94. The molecule has 6 heteroatoms. The van der Waals surface area contributed by atoms with Crippen molar-refractivity contribution in [3.8, 4) is 0 Å². The first-order valence-electron chi connectivity index (χ1n) is 7.80. The molecule has 0 fully saturated rings. The maximum atomic E-state index is 12.6. The zero-order valence-corrected chi connectivity index (χ0v) is 15.8. The van der Waals surface area contributed by atoms with Gasteiger partial charge in [-0.25, -0.2) is 0 Å². The summed E-state index contributed by atoms with van der Waals surface area (Å²) in [6.07, 6.45) is 0. The SMILES string of the molecule is CCn1c(=NS(=O)(=O)c2ccc(C)cc2)sc2cc(C)c(C)cc21. The number of hydrogen-bond acceptors (Lipinski definition) is 3. The summed E-state index contributed by atoms with van der Waals surface area (Å²) in [6, 6.07) is 11.0. The maximum absolute atomic E-state index is 12.6. The van der Waals surface area contributed by atoms with Crippen LogP contribution in [-0.4, -0.2) is 13.0 Å². The van der Waals surface area contributed by atoms with Gasteiger partial charge in [-0.05, 0) is 63.1 Å². The van der Waals surface area contributed by atoms with Crippen molar-refractivity contribution in [3.63, 3.8) is 0 Å². The molecular weight excluding hydrogens is 340 g/mol. The predicted molar refractivity (Wildman–Crippen MR) is 98.9 cm³/mol. The van der Waals surface area contributed by atoms with Crippen molar-refractivity contribution >= 4 is 31.6 Å². The Labute approximate surface area is 146 Å². The molecule has 2 aromatic carbocycles. The Morgan fingerprint density at radius 1 is 1.04 bits per heavy atom. The lowest BCUT2D eigenvalue weighted by Crippen LogP contribution is -2.16. The van der Waals surface area contributed by atoms with Crippen LogP contribution < -0.4 is 4.80 Å². The van der Waals surface area contributed by atoms with Gasteiger partial charge in [0.15, 0.2) is 0 Å². The molecule has 0 aliphatic rings. The van der Waals surface area contributed by atoms with Crippen LogP contribution in [0.2, 0.25) is 0 Å². The summed E-state index contributed by atoms with van der Waals surface area (Å²) in [6.45, 7) is 8.72. The first-order chi connectivity index (χ1) is 11.3. The lowest BCUT2D eigenvalue weighted by Gasteiger charge is -2.04. The number of hydrogen-bond donors (Lipinski definition) is 0. The van der Waals surface area contributed by atoms with Gasteiger partial charge in [-0.3, -0.25) is 0 Å². The molecule has 24 heavy (non-hydrogen) atoms. The van der Waals surface area contributed by atoms with Crippen molar-refractivity contribution in [2.75, 3.05) is 0 Å². The van der Waals surface area contributed by atoms with Gasteiger partial charge in [0.1, 0.15) is 0 Å². The summed E-state index contributed by atoms with van der Waals surface area (Å²) < 4.78 is 32.4. The molecule has 0 aliphatic carbocycles. The van der Waals surface area contributed by atoms with E-state index in [4.69, 9.17) is 0 Å². The Morgan fingerprint density at radius 3 is 2.29 bits per heavy atom. The van der Waals surface area contributed by atoms with Crippen LogP contribution in [0.4, 0.5) is 0 Å². The molecular formula is C18H20N2O2S2. The Kier molecular flexibility index (Phi) is 4.36. The van der Waals surface area contributed by atoms with Gasteiger partial charge < -0.3 is 4.57 Å². The minimum atomic E-state index is -3.72. The van der Waals surface area contributed by atoms with Gasteiger partial charge in [0, 0.05) is 6.54 Å². The van der Waals surface area contributed by atoms with E-state index in [1.54, 1.807) is 24.3 Å². The van der Waals surface area contributed by atoms with E-state index < -0.39 is 10.0 Å². The highest BCUT2D eigenvalue weighted by molar-refractivity contribution is 7.90. The van der Waals surface area contributed by atoms with E-state index in [1.807, 2.05) is 18.4 Å². The fraction of sp³-hybridized carbons (Fsp3) is 0.278. The minimum absolute atomic E-state index is 0.223. The lowest BCUT2D eigenvalue weighted by atomic mass is 10.1. The third-order valence-corrected chi connectivity index (χ3v) is 6.57. The normalized spacial score (nSPS) is 12.9. The monoisotopic (exact) mass is 360 g/mol. The third-order valence-electron chi connectivity index (χ3n) is 4.13. The summed E-state index contributed by atoms with van der Waals surface area (Å²) in [7, 11) is -3.72. The van der Waals surface area contributed by atoms with E-state index in [0.717, 1.165) is 15.8 Å². The van der Waals surface area contributed by atoms with Crippen molar-refractivity contribution in [1.82, 2.24) is 4.57 Å². The fourth-order valence-electron chi connectivity index (χ4n) is 2.56. The molecule has 0 unspecified atom stereocenters. The molecule has 0 atom stereocenters. The molecule has 0 saturated carbocycles. The number of aryl methyl sites for hydroxylation is 4. The lowest BCUT2D eigenvalue weighted by molar-refractivity contribution is 0.595. The fourth-order valence-corrected chi connectivity index (χ4v) is 4.94. The molecule has 3 rings (SSSR count). The van der Waals surface area contributed by atoms with Crippen LogP contribution in [-0.2, 0) is 16.6 Å². The largest absolute Gasteiger partial charge is 0.316 e. The first-order valence-corrected chi connectivity index (χ1v) is 10.1. The van der Waals surface area contributed by atoms with Gasteiger partial charge in [0.25, 0.3) is 10.0 Å². The van der Waals surface area contributed by atoms with Gasteiger partial charge >= 0.3 is 0 Å². The minimum Gasteiger partial charge on any atom is -0.316 e. The maximum Gasteiger partial charge on any atom is 0.285 e. The molecule has 1 aromatic heterocycles. The van der Waals surface area contributed by atoms with Crippen LogP contribution in [0.5, 0.6) is 0 Å². The molecule has 0 N–H and O–H groups in total. The molecule has 4 nitrogen and oxygen atoms in total. The van der Waals surface area contributed by atoms with Crippen LogP contribution in [0, 0.1) is 20.8 Å². The number of fused-ring (bicyclic) bond motifs is 1. The molecule has 3 aromatic rings.